The molecule has 3 aromatic rings. The number of rotatable bonds is 2. The fourth-order valence-corrected chi connectivity index (χ4v) is 4.45. The van der Waals surface area contributed by atoms with Crippen LogP contribution in [-0.4, -0.2) is 39.2 Å². The number of hydrogen-bond acceptors (Lipinski definition) is 6. The smallest absolute Gasteiger partial charge is 0.300 e. The minimum absolute atomic E-state index is 0.103. The van der Waals surface area contributed by atoms with Gasteiger partial charge in [0.25, 0.3) is 17.3 Å². The summed E-state index contributed by atoms with van der Waals surface area (Å²) in [5, 5.41) is 23.3. The third-order valence-corrected chi connectivity index (χ3v) is 5.72. The zero-order chi connectivity index (χ0) is 20.4. The third kappa shape index (κ3) is 2.25. The van der Waals surface area contributed by atoms with Gasteiger partial charge in [-0.2, -0.15) is 0 Å². The molecule has 3 heterocycles. The van der Waals surface area contributed by atoms with Crippen LogP contribution >= 0.6 is 0 Å². The molecular weight excluding hydrogens is 378 g/mol. The van der Waals surface area contributed by atoms with Gasteiger partial charge in [-0.1, -0.05) is 12.1 Å². The van der Waals surface area contributed by atoms with Gasteiger partial charge in [0.05, 0.1) is 32.9 Å². The Bertz CT molecular complexity index is 1230. The summed E-state index contributed by atoms with van der Waals surface area (Å²) in [4.78, 5) is 41.4. The van der Waals surface area contributed by atoms with Crippen molar-refractivity contribution >= 4 is 33.9 Å². The second-order valence-corrected chi connectivity index (χ2v) is 7.17. The fourth-order valence-electron chi connectivity index (χ4n) is 4.45. The zero-order valence-corrected chi connectivity index (χ0v) is 15.3. The number of nitrogens with one attached hydrogen (secondary N) is 1. The zero-order valence-electron chi connectivity index (χ0n) is 15.3. The number of nitro groups is 2. The van der Waals surface area contributed by atoms with Crippen molar-refractivity contribution < 1.29 is 14.6 Å². The molecule has 0 spiro atoms. The van der Waals surface area contributed by atoms with Gasteiger partial charge in [-0.3, -0.25) is 25.0 Å². The molecule has 10 nitrogen and oxygen atoms in total. The molecule has 2 aromatic carbocycles. The normalized spacial score (nSPS) is 17.7. The van der Waals surface area contributed by atoms with Crippen molar-refractivity contribution in [3.63, 3.8) is 0 Å². The monoisotopic (exact) mass is 393 g/mol. The molecule has 10 heteroatoms. The molecule has 0 radical (unpaired) electrons. The first kappa shape index (κ1) is 17.2. The maximum Gasteiger partial charge on any atom is 0.300 e. The molecule has 5 rings (SSSR count). The number of amides is 1. The molecule has 146 valence electrons. The van der Waals surface area contributed by atoms with Crippen LogP contribution in [-0.2, 0) is 6.42 Å². The van der Waals surface area contributed by atoms with Crippen molar-refractivity contribution in [3.05, 3.63) is 73.4 Å². The molecule has 1 aromatic heterocycles. The van der Waals surface area contributed by atoms with Crippen LogP contribution in [0.15, 0.2) is 36.4 Å². The Labute approximate surface area is 163 Å². The van der Waals surface area contributed by atoms with E-state index in [-0.39, 0.29) is 22.8 Å². The number of nitrogens with zero attached hydrogens (tertiary/aromatic N) is 4. The lowest BCUT2D eigenvalue weighted by molar-refractivity contribution is -0.393. The van der Waals surface area contributed by atoms with Crippen LogP contribution in [0.5, 0.6) is 0 Å². The first-order chi connectivity index (χ1) is 13.9. The van der Waals surface area contributed by atoms with Crippen LogP contribution in [0.3, 0.4) is 0 Å². The molecule has 2 aliphatic rings. The molecule has 2 aliphatic heterocycles. The van der Waals surface area contributed by atoms with E-state index < -0.39 is 16.0 Å². The number of aromatic amines is 1. The second-order valence-electron chi connectivity index (χ2n) is 7.17. The highest BCUT2D eigenvalue weighted by molar-refractivity contribution is 6.03. The summed E-state index contributed by atoms with van der Waals surface area (Å²) < 4.78 is 0. The SMILES string of the molecule is CN1c2ccccc2C(=O)N2CCc3c([nH]c4c([N+](=O)[O-])cc([N+](=O)[O-])cc34)[C@H]21. The lowest BCUT2D eigenvalue weighted by atomic mass is 9.96. The molecule has 0 saturated carbocycles. The van der Waals surface area contributed by atoms with Gasteiger partial charge in [-0.05, 0) is 24.1 Å². The number of benzene rings is 2. The molecule has 1 amide bonds. The van der Waals surface area contributed by atoms with Crippen molar-refractivity contribution in [2.24, 2.45) is 0 Å². The number of para-hydroxylation sites is 1. The van der Waals surface area contributed by atoms with Gasteiger partial charge in [-0.25, -0.2) is 0 Å². The molecule has 29 heavy (non-hydrogen) atoms. The highest BCUT2D eigenvalue weighted by Crippen LogP contribution is 2.44. The van der Waals surface area contributed by atoms with Crippen molar-refractivity contribution in [2.45, 2.75) is 12.6 Å². The van der Waals surface area contributed by atoms with Gasteiger partial charge in [0, 0.05) is 25.0 Å². The van der Waals surface area contributed by atoms with Crippen LogP contribution in [0.1, 0.15) is 27.8 Å². The van der Waals surface area contributed by atoms with Crippen LogP contribution in [0, 0.1) is 20.2 Å². The van der Waals surface area contributed by atoms with E-state index in [4.69, 9.17) is 0 Å². The maximum absolute atomic E-state index is 13.0. The van der Waals surface area contributed by atoms with Gasteiger partial charge in [0.15, 0.2) is 0 Å². The lowest BCUT2D eigenvalue weighted by Gasteiger charge is -2.46. The van der Waals surface area contributed by atoms with Gasteiger partial charge in [0.2, 0.25) is 0 Å². The van der Waals surface area contributed by atoms with E-state index in [0.29, 0.717) is 29.6 Å². The Balaban J connectivity index is 1.76. The number of aromatic nitrogens is 1. The number of H-pyrrole nitrogens is 1. The molecule has 0 saturated heterocycles. The Morgan fingerprint density at radius 2 is 1.90 bits per heavy atom. The minimum Gasteiger partial charge on any atom is -0.349 e. The first-order valence-corrected chi connectivity index (χ1v) is 8.98. The molecule has 0 unspecified atom stereocenters. The average Bonchev–Trinajstić information content (AvgIpc) is 3.09. The fraction of sp³-hybridized carbons (Fsp3) is 0.211. The highest BCUT2D eigenvalue weighted by Gasteiger charge is 2.42. The number of nitro benzene ring substituents is 2. The van der Waals surface area contributed by atoms with Crippen molar-refractivity contribution in [1.82, 2.24) is 9.88 Å². The van der Waals surface area contributed by atoms with Crippen LogP contribution in [0.25, 0.3) is 10.9 Å². The van der Waals surface area contributed by atoms with E-state index in [1.165, 1.54) is 6.07 Å². The van der Waals surface area contributed by atoms with E-state index in [2.05, 4.69) is 4.98 Å². The molecular formula is C19H15N5O5. The van der Waals surface area contributed by atoms with Crippen molar-refractivity contribution in [1.29, 1.82) is 0 Å². The Morgan fingerprint density at radius 1 is 1.14 bits per heavy atom. The van der Waals surface area contributed by atoms with E-state index in [9.17, 15) is 25.0 Å². The third-order valence-electron chi connectivity index (χ3n) is 5.72. The van der Waals surface area contributed by atoms with Gasteiger partial charge in [-0.15, -0.1) is 0 Å². The molecule has 1 atom stereocenters. The summed E-state index contributed by atoms with van der Waals surface area (Å²) in [5.74, 6) is -0.103. The summed E-state index contributed by atoms with van der Waals surface area (Å²) >= 11 is 0. The van der Waals surface area contributed by atoms with Crippen molar-refractivity contribution in [3.8, 4) is 0 Å². The number of fused-ring (bicyclic) bond motifs is 6. The van der Waals surface area contributed by atoms with E-state index in [0.717, 1.165) is 17.3 Å². The Kier molecular flexibility index (Phi) is 3.42. The Hall–Kier alpha value is -3.95. The summed E-state index contributed by atoms with van der Waals surface area (Å²) in [6, 6.07) is 9.63. The largest absolute Gasteiger partial charge is 0.349 e. The summed E-state index contributed by atoms with van der Waals surface area (Å²) in [6.07, 6.45) is -0.0152. The summed E-state index contributed by atoms with van der Waals surface area (Å²) in [7, 11) is 1.86. The maximum atomic E-state index is 13.0. The number of non-ortho nitro benzene ring substituents is 2. The predicted octanol–water partition coefficient (Wildman–Crippen LogP) is 3.13. The Morgan fingerprint density at radius 3 is 2.62 bits per heavy atom. The quantitative estimate of drug-likeness (QED) is 0.527. The molecule has 1 N–H and O–H groups in total. The second kappa shape index (κ2) is 5.77. The summed E-state index contributed by atoms with van der Waals surface area (Å²) in [6.45, 7) is 0.415. The van der Waals surface area contributed by atoms with E-state index in [1.807, 2.05) is 30.1 Å². The van der Waals surface area contributed by atoms with Crippen LogP contribution < -0.4 is 4.90 Å². The van der Waals surface area contributed by atoms with Crippen LogP contribution in [0.2, 0.25) is 0 Å². The van der Waals surface area contributed by atoms with E-state index in [1.54, 1.807) is 11.0 Å². The number of hydrogen-bond donors (Lipinski definition) is 1. The average molecular weight is 393 g/mol. The predicted molar refractivity (Wildman–Crippen MR) is 104 cm³/mol. The molecule has 0 bridgehead atoms. The number of carbonyl (C=O) groups excluding carboxylic acids is 1. The first-order valence-electron chi connectivity index (χ1n) is 8.98. The topological polar surface area (TPSA) is 126 Å². The van der Waals surface area contributed by atoms with Gasteiger partial charge < -0.3 is 14.8 Å². The lowest BCUT2D eigenvalue weighted by Crippen LogP contribution is -2.51. The number of anilines is 1. The standard InChI is InChI=1S/C19H15N5O5/c1-21-14-5-3-2-4-12(14)19(25)22-7-6-11-13-8-10(23(26)27)9-15(24(28)29)16(13)20-17(11)18(21)22/h2-5,8-9,18,20H,6-7H2,1H3/t18-/m0/s1. The highest BCUT2D eigenvalue weighted by atomic mass is 16.6. The van der Waals surface area contributed by atoms with E-state index >= 15 is 0 Å². The minimum atomic E-state index is -0.631. The van der Waals surface area contributed by atoms with Gasteiger partial charge >= 0.3 is 0 Å². The van der Waals surface area contributed by atoms with Crippen LogP contribution in [0.4, 0.5) is 17.1 Å². The molecule has 0 fully saturated rings. The molecule has 0 aliphatic carbocycles. The number of carbonyl (C=O) groups is 1. The van der Waals surface area contributed by atoms with Gasteiger partial charge in [0.1, 0.15) is 11.7 Å². The summed E-state index contributed by atoms with van der Waals surface area (Å²) in [5.41, 5.74) is 2.37. The van der Waals surface area contributed by atoms with Crippen molar-refractivity contribution in [2.75, 3.05) is 18.5 Å².